The van der Waals surface area contributed by atoms with Crippen LogP contribution < -0.4 is 25.3 Å². The molecule has 0 saturated heterocycles. The third kappa shape index (κ3) is 2.42. The Morgan fingerprint density at radius 2 is 2.00 bits per heavy atom. The fraction of sp³-hybridized carbons (Fsp3) is 0.200. The normalized spacial score (nSPS) is 12.2. The van der Waals surface area contributed by atoms with Crippen LogP contribution in [0.5, 0.6) is 17.2 Å². The van der Waals surface area contributed by atoms with Crippen LogP contribution in [-0.2, 0) is 6.54 Å². The van der Waals surface area contributed by atoms with Gasteiger partial charge in [-0.05, 0) is 29.8 Å². The van der Waals surface area contributed by atoms with E-state index in [9.17, 15) is 0 Å². The molecule has 0 unspecified atom stereocenters. The molecule has 0 amide bonds. The first-order valence-electron chi connectivity index (χ1n) is 6.32. The molecule has 20 heavy (non-hydrogen) atoms. The predicted molar refractivity (Wildman–Crippen MR) is 77.3 cm³/mol. The average molecular weight is 272 g/mol. The van der Waals surface area contributed by atoms with Gasteiger partial charge in [-0.3, -0.25) is 0 Å². The Hall–Kier alpha value is -2.56. The average Bonchev–Trinajstić information content (AvgIpc) is 2.94. The molecule has 1 heterocycles. The minimum atomic E-state index is 0.287. The molecule has 5 heteroatoms. The number of nitrogens with one attached hydrogen (secondary N) is 1. The molecule has 0 fully saturated rings. The molecule has 2 aromatic carbocycles. The van der Waals surface area contributed by atoms with E-state index >= 15 is 0 Å². The van der Waals surface area contributed by atoms with E-state index in [4.69, 9.17) is 19.9 Å². The second-order valence-electron chi connectivity index (χ2n) is 4.49. The largest absolute Gasteiger partial charge is 0.497 e. The Bertz CT molecular complexity index is 629. The Morgan fingerprint density at radius 1 is 1.15 bits per heavy atom. The van der Waals surface area contributed by atoms with Crippen LogP contribution in [0.25, 0.3) is 0 Å². The highest BCUT2D eigenvalue weighted by Gasteiger charge is 2.13. The Kier molecular flexibility index (Phi) is 3.25. The molecule has 0 saturated carbocycles. The fourth-order valence-electron chi connectivity index (χ4n) is 2.06. The van der Waals surface area contributed by atoms with Crippen molar-refractivity contribution < 1.29 is 14.2 Å². The number of hydrogen-bond donors (Lipinski definition) is 2. The lowest BCUT2D eigenvalue weighted by Gasteiger charge is -2.11. The van der Waals surface area contributed by atoms with E-state index in [0.717, 1.165) is 28.5 Å². The van der Waals surface area contributed by atoms with Crippen LogP contribution in [-0.4, -0.2) is 13.9 Å². The molecule has 0 atom stereocenters. The lowest BCUT2D eigenvalue weighted by atomic mass is 10.2. The van der Waals surface area contributed by atoms with Crippen LogP contribution in [0.15, 0.2) is 36.4 Å². The molecule has 1 aliphatic rings. The molecule has 2 aromatic rings. The Morgan fingerprint density at radius 3 is 2.85 bits per heavy atom. The van der Waals surface area contributed by atoms with Gasteiger partial charge in [-0.15, -0.1) is 0 Å². The highest BCUT2D eigenvalue weighted by atomic mass is 16.7. The number of anilines is 2. The minimum Gasteiger partial charge on any atom is -0.497 e. The molecular weight excluding hydrogens is 256 g/mol. The van der Waals surface area contributed by atoms with Crippen molar-refractivity contribution in [1.82, 2.24) is 0 Å². The first-order chi connectivity index (χ1) is 9.76. The Balaban J connectivity index is 1.73. The van der Waals surface area contributed by atoms with Crippen molar-refractivity contribution in [2.75, 3.05) is 25.0 Å². The molecule has 104 valence electrons. The highest BCUT2D eigenvalue weighted by molar-refractivity contribution is 5.68. The molecule has 0 bridgehead atoms. The van der Waals surface area contributed by atoms with Crippen molar-refractivity contribution in [3.05, 3.63) is 42.0 Å². The number of benzene rings is 2. The van der Waals surface area contributed by atoms with Gasteiger partial charge >= 0.3 is 0 Å². The third-order valence-corrected chi connectivity index (χ3v) is 3.18. The molecule has 0 aliphatic carbocycles. The summed E-state index contributed by atoms with van der Waals surface area (Å²) in [6, 6.07) is 11.4. The van der Waals surface area contributed by atoms with E-state index < -0.39 is 0 Å². The summed E-state index contributed by atoms with van der Waals surface area (Å²) in [4.78, 5) is 0. The molecule has 0 aromatic heterocycles. The van der Waals surface area contributed by atoms with Crippen LogP contribution in [0.4, 0.5) is 11.4 Å². The lowest BCUT2D eigenvalue weighted by molar-refractivity contribution is 0.174. The lowest BCUT2D eigenvalue weighted by Crippen LogP contribution is -2.02. The van der Waals surface area contributed by atoms with Gasteiger partial charge in [-0.25, -0.2) is 0 Å². The fourth-order valence-corrected chi connectivity index (χ4v) is 2.06. The van der Waals surface area contributed by atoms with Crippen LogP contribution in [0.1, 0.15) is 5.56 Å². The molecule has 3 N–H and O–H groups in total. The van der Waals surface area contributed by atoms with Gasteiger partial charge in [0.1, 0.15) is 5.75 Å². The van der Waals surface area contributed by atoms with Crippen molar-refractivity contribution in [2.45, 2.75) is 6.54 Å². The van der Waals surface area contributed by atoms with Gasteiger partial charge in [0.2, 0.25) is 6.79 Å². The molecule has 5 nitrogen and oxygen atoms in total. The van der Waals surface area contributed by atoms with E-state index in [1.807, 2.05) is 36.4 Å². The summed E-state index contributed by atoms with van der Waals surface area (Å²) in [5.41, 5.74) is 8.57. The van der Waals surface area contributed by atoms with Gasteiger partial charge in [0, 0.05) is 12.6 Å². The number of nitrogens with two attached hydrogens (primary N) is 1. The minimum absolute atomic E-state index is 0.287. The van der Waals surface area contributed by atoms with Gasteiger partial charge in [-0.2, -0.15) is 0 Å². The predicted octanol–water partition coefficient (Wildman–Crippen LogP) is 2.62. The molecule has 3 rings (SSSR count). The number of nitrogen functional groups attached to an aromatic ring is 1. The van der Waals surface area contributed by atoms with Crippen LogP contribution >= 0.6 is 0 Å². The maximum absolute atomic E-state index is 5.94. The van der Waals surface area contributed by atoms with Crippen molar-refractivity contribution >= 4 is 11.4 Å². The van der Waals surface area contributed by atoms with E-state index in [1.54, 1.807) is 7.11 Å². The van der Waals surface area contributed by atoms with E-state index in [2.05, 4.69) is 5.32 Å². The molecular formula is C15H16N2O3. The summed E-state index contributed by atoms with van der Waals surface area (Å²) in [7, 11) is 1.63. The van der Waals surface area contributed by atoms with Crippen LogP contribution in [0.2, 0.25) is 0 Å². The molecule has 0 radical (unpaired) electrons. The monoisotopic (exact) mass is 272 g/mol. The maximum Gasteiger partial charge on any atom is 0.231 e. The first-order valence-corrected chi connectivity index (χ1v) is 6.32. The first kappa shape index (κ1) is 12.5. The number of rotatable bonds is 4. The number of ether oxygens (including phenoxy) is 3. The van der Waals surface area contributed by atoms with E-state index in [1.165, 1.54) is 0 Å². The summed E-state index contributed by atoms with van der Waals surface area (Å²) < 4.78 is 15.8. The van der Waals surface area contributed by atoms with Crippen molar-refractivity contribution in [3.63, 3.8) is 0 Å². The van der Waals surface area contributed by atoms with Crippen LogP contribution in [0, 0.1) is 0 Å². The number of fused-ring (bicyclic) bond motifs is 1. The SMILES string of the molecule is COc1ccc(N)c(NCc2ccc3c(c2)OCO3)c1. The smallest absolute Gasteiger partial charge is 0.231 e. The topological polar surface area (TPSA) is 65.7 Å². The summed E-state index contributed by atoms with van der Waals surface area (Å²) in [6.07, 6.45) is 0. The van der Waals surface area contributed by atoms with Crippen molar-refractivity contribution in [2.24, 2.45) is 0 Å². The van der Waals surface area contributed by atoms with E-state index in [-0.39, 0.29) is 6.79 Å². The zero-order valence-corrected chi connectivity index (χ0v) is 11.2. The third-order valence-electron chi connectivity index (χ3n) is 3.18. The summed E-state index contributed by atoms with van der Waals surface area (Å²) in [5, 5.41) is 3.29. The van der Waals surface area contributed by atoms with Gasteiger partial charge in [0.05, 0.1) is 18.5 Å². The van der Waals surface area contributed by atoms with Crippen molar-refractivity contribution in [3.8, 4) is 17.2 Å². The summed E-state index contributed by atoms with van der Waals surface area (Å²) in [6.45, 7) is 0.934. The zero-order chi connectivity index (χ0) is 13.9. The summed E-state index contributed by atoms with van der Waals surface area (Å²) in [5.74, 6) is 2.34. The van der Waals surface area contributed by atoms with Gasteiger partial charge in [-0.1, -0.05) is 6.07 Å². The standard InChI is InChI=1S/C15H16N2O3/c1-18-11-3-4-12(16)13(7-11)17-8-10-2-5-14-15(6-10)20-9-19-14/h2-7,17H,8-9,16H2,1H3. The Labute approximate surface area is 117 Å². The second kappa shape index (κ2) is 5.21. The molecule has 1 aliphatic heterocycles. The zero-order valence-electron chi connectivity index (χ0n) is 11.2. The maximum atomic E-state index is 5.94. The quantitative estimate of drug-likeness (QED) is 0.837. The molecule has 0 spiro atoms. The van der Waals surface area contributed by atoms with Gasteiger partial charge in [0.25, 0.3) is 0 Å². The van der Waals surface area contributed by atoms with Gasteiger partial charge in [0.15, 0.2) is 11.5 Å². The second-order valence-corrected chi connectivity index (χ2v) is 4.49. The number of hydrogen-bond acceptors (Lipinski definition) is 5. The van der Waals surface area contributed by atoms with E-state index in [0.29, 0.717) is 12.2 Å². The summed E-state index contributed by atoms with van der Waals surface area (Å²) >= 11 is 0. The van der Waals surface area contributed by atoms with Crippen molar-refractivity contribution in [1.29, 1.82) is 0 Å². The highest BCUT2D eigenvalue weighted by Crippen LogP contribution is 2.33. The number of methoxy groups -OCH3 is 1. The van der Waals surface area contributed by atoms with Crippen LogP contribution in [0.3, 0.4) is 0 Å². The van der Waals surface area contributed by atoms with Gasteiger partial charge < -0.3 is 25.3 Å².